The number of hydrogen-bond donors (Lipinski definition) is 2. The van der Waals surface area contributed by atoms with E-state index in [0.29, 0.717) is 11.1 Å². The molecule has 9 heteroatoms. The van der Waals surface area contributed by atoms with Gasteiger partial charge in [0.05, 0.1) is 13.2 Å². The number of rotatable bonds is 7. The van der Waals surface area contributed by atoms with Gasteiger partial charge in [-0.3, -0.25) is 4.79 Å². The zero-order valence-electron chi connectivity index (χ0n) is 19.2. The molecule has 0 bridgehead atoms. The van der Waals surface area contributed by atoms with Crippen molar-refractivity contribution in [1.29, 1.82) is 0 Å². The average molecular weight is 466 g/mol. The minimum atomic E-state index is -0.695. The van der Waals surface area contributed by atoms with Crippen molar-refractivity contribution in [2.24, 2.45) is 0 Å². The molecule has 1 aliphatic rings. The van der Waals surface area contributed by atoms with Crippen LogP contribution in [0.4, 0.5) is 0 Å². The SMILES string of the molecule is COC(=O)c1cc(-c2noc(C(=O)NCc3ccc(OC4CCCCC4)cc3)n2)cc(C)c1O. The zero-order chi connectivity index (χ0) is 24.1. The van der Waals surface area contributed by atoms with Gasteiger partial charge in [0, 0.05) is 12.1 Å². The summed E-state index contributed by atoms with van der Waals surface area (Å²) in [5.74, 6) is -0.671. The Labute approximate surface area is 197 Å². The highest BCUT2D eigenvalue weighted by Crippen LogP contribution is 2.29. The summed E-state index contributed by atoms with van der Waals surface area (Å²) in [6.07, 6.45) is 6.18. The van der Waals surface area contributed by atoms with Crippen molar-refractivity contribution < 1.29 is 28.7 Å². The normalized spacial score (nSPS) is 13.9. The highest BCUT2D eigenvalue weighted by Gasteiger charge is 2.20. The van der Waals surface area contributed by atoms with E-state index in [1.807, 2.05) is 24.3 Å². The lowest BCUT2D eigenvalue weighted by Crippen LogP contribution is -2.23. The van der Waals surface area contributed by atoms with E-state index in [1.165, 1.54) is 32.4 Å². The van der Waals surface area contributed by atoms with E-state index in [-0.39, 0.29) is 35.7 Å². The maximum atomic E-state index is 12.5. The number of nitrogens with zero attached hydrogens (tertiary/aromatic N) is 2. The quantitative estimate of drug-likeness (QED) is 0.498. The van der Waals surface area contributed by atoms with Gasteiger partial charge in [0.25, 0.3) is 0 Å². The molecule has 178 valence electrons. The van der Waals surface area contributed by atoms with Crippen molar-refractivity contribution in [3.05, 3.63) is 59.0 Å². The van der Waals surface area contributed by atoms with Crippen molar-refractivity contribution in [2.45, 2.75) is 51.7 Å². The second-order valence-corrected chi connectivity index (χ2v) is 8.31. The van der Waals surface area contributed by atoms with Gasteiger partial charge in [0.15, 0.2) is 0 Å². The second kappa shape index (κ2) is 10.4. The molecule has 34 heavy (non-hydrogen) atoms. The van der Waals surface area contributed by atoms with E-state index in [9.17, 15) is 14.7 Å². The van der Waals surface area contributed by atoms with Crippen molar-refractivity contribution >= 4 is 11.9 Å². The second-order valence-electron chi connectivity index (χ2n) is 8.31. The van der Waals surface area contributed by atoms with Gasteiger partial charge in [-0.2, -0.15) is 4.98 Å². The van der Waals surface area contributed by atoms with E-state index in [4.69, 9.17) is 14.0 Å². The fourth-order valence-electron chi connectivity index (χ4n) is 3.93. The topological polar surface area (TPSA) is 124 Å². The molecular formula is C25H27N3O6. The number of nitrogens with one attached hydrogen (secondary N) is 1. The molecule has 1 aliphatic carbocycles. The number of aromatic hydroxyl groups is 1. The molecule has 1 fully saturated rings. The van der Waals surface area contributed by atoms with Crippen LogP contribution in [0.25, 0.3) is 11.4 Å². The molecule has 0 radical (unpaired) electrons. The van der Waals surface area contributed by atoms with Crippen molar-refractivity contribution in [2.75, 3.05) is 7.11 Å². The first-order valence-electron chi connectivity index (χ1n) is 11.2. The number of aromatic nitrogens is 2. The van der Waals surface area contributed by atoms with E-state index >= 15 is 0 Å². The summed E-state index contributed by atoms with van der Waals surface area (Å²) < 4.78 is 15.8. The Bertz CT molecular complexity index is 1170. The number of phenols is 1. The fourth-order valence-corrected chi connectivity index (χ4v) is 3.93. The first kappa shape index (κ1) is 23.3. The predicted molar refractivity (Wildman–Crippen MR) is 123 cm³/mol. The zero-order valence-corrected chi connectivity index (χ0v) is 19.2. The molecule has 1 amide bonds. The first-order chi connectivity index (χ1) is 16.4. The smallest absolute Gasteiger partial charge is 0.341 e. The van der Waals surface area contributed by atoms with Crippen LogP contribution in [0.15, 0.2) is 40.9 Å². The molecule has 2 N–H and O–H groups in total. The van der Waals surface area contributed by atoms with Crippen LogP contribution in [0.2, 0.25) is 0 Å². The minimum Gasteiger partial charge on any atom is -0.507 e. The molecule has 4 rings (SSSR count). The summed E-state index contributed by atoms with van der Waals surface area (Å²) in [6.45, 7) is 1.91. The van der Waals surface area contributed by atoms with Gasteiger partial charge >= 0.3 is 17.8 Å². The molecule has 1 saturated carbocycles. The molecule has 0 spiro atoms. The summed E-state index contributed by atoms with van der Waals surface area (Å²) >= 11 is 0. The number of esters is 1. The molecule has 0 atom stereocenters. The van der Waals surface area contributed by atoms with Gasteiger partial charge in [0.1, 0.15) is 17.1 Å². The van der Waals surface area contributed by atoms with Gasteiger partial charge in [-0.15, -0.1) is 0 Å². The highest BCUT2D eigenvalue weighted by atomic mass is 16.5. The van der Waals surface area contributed by atoms with Crippen molar-refractivity contribution in [3.8, 4) is 22.9 Å². The Hall–Kier alpha value is -3.88. The molecular weight excluding hydrogens is 438 g/mol. The minimum absolute atomic E-state index is 0.0239. The third-order valence-electron chi connectivity index (χ3n) is 5.82. The lowest BCUT2D eigenvalue weighted by Gasteiger charge is -2.23. The summed E-state index contributed by atoms with van der Waals surface area (Å²) in [5.41, 5.74) is 1.72. The third kappa shape index (κ3) is 5.36. The van der Waals surface area contributed by atoms with Gasteiger partial charge in [-0.1, -0.05) is 23.7 Å². The molecule has 3 aromatic rings. The van der Waals surface area contributed by atoms with E-state index in [2.05, 4.69) is 15.5 Å². The number of carbonyl (C=O) groups is 2. The Morgan fingerprint density at radius 2 is 1.88 bits per heavy atom. The number of amides is 1. The molecule has 9 nitrogen and oxygen atoms in total. The van der Waals surface area contributed by atoms with E-state index < -0.39 is 11.9 Å². The van der Waals surface area contributed by atoms with Crippen LogP contribution in [0.3, 0.4) is 0 Å². The number of benzene rings is 2. The number of methoxy groups -OCH3 is 1. The van der Waals surface area contributed by atoms with Crippen LogP contribution in [-0.4, -0.2) is 40.3 Å². The maximum absolute atomic E-state index is 12.5. The number of carbonyl (C=O) groups excluding carboxylic acids is 2. The summed E-state index contributed by atoms with van der Waals surface area (Å²) in [7, 11) is 1.22. The van der Waals surface area contributed by atoms with Gasteiger partial charge in [0.2, 0.25) is 5.82 Å². The van der Waals surface area contributed by atoms with Gasteiger partial charge in [-0.25, -0.2) is 4.79 Å². The summed E-state index contributed by atoms with van der Waals surface area (Å²) in [6, 6.07) is 10.6. The monoisotopic (exact) mass is 465 g/mol. The Morgan fingerprint density at radius 3 is 2.59 bits per heavy atom. The number of hydrogen-bond acceptors (Lipinski definition) is 8. The maximum Gasteiger partial charge on any atom is 0.341 e. The standard InChI is InChI=1S/C25H27N3O6/c1-15-12-17(13-20(21(15)29)25(31)32-2)22-27-24(34-28-22)23(30)26-14-16-8-10-19(11-9-16)33-18-6-4-3-5-7-18/h8-13,18,29H,3-7,14H2,1-2H3,(H,26,30). The number of aryl methyl sites for hydroxylation is 1. The van der Waals surface area contributed by atoms with E-state index in [1.54, 1.807) is 13.0 Å². The van der Waals surface area contributed by atoms with Crippen LogP contribution >= 0.6 is 0 Å². The number of ether oxygens (including phenoxy) is 2. The highest BCUT2D eigenvalue weighted by molar-refractivity contribution is 5.94. The third-order valence-corrected chi connectivity index (χ3v) is 5.82. The molecule has 0 aliphatic heterocycles. The van der Waals surface area contributed by atoms with Crippen molar-refractivity contribution in [3.63, 3.8) is 0 Å². The summed E-state index contributed by atoms with van der Waals surface area (Å²) in [4.78, 5) is 28.5. The largest absolute Gasteiger partial charge is 0.507 e. The Kier molecular flexibility index (Phi) is 7.10. The average Bonchev–Trinajstić information content (AvgIpc) is 3.36. The van der Waals surface area contributed by atoms with Crippen LogP contribution < -0.4 is 10.1 Å². The Balaban J connectivity index is 1.37. The molecule has 1 aromatic heterocycles. The van der Waals surface area contributed by atoms with E-state index in [0.717, 1.165) is 24.2 Å². The predicted octanol–water partition coefficient (Wildman–Crippen LogP) is 4.18. The molecule has 2 aromatic carbocycles. The summed E-state index contributed by atoms with van der Waals surface area (Å²) in [5, 5.41) is 16.7. The molecule has 0 saturated heterocycles. The first-order valence-corrected chi connectivity index (χ1v) is 11.2. The molecule has 1 heterocycles. The lowest BCUT2D eigenvalue weighted by atomic mass is 9.98. The van der Waals surface area contributed by atoms with Gasteiger partial charge < -0.3 is 24.4 Å². The van der Waals surface area contributed by atoms with Gasteiger partial charge in [-0.05, 0) is 68.0 Å². The van der Waals surface area contributed by atoms with Crippen LogP contribution in [-0.2, 0) is 11.3 Å². The van der Waals surface area contributed by atoms with Crippen LogP contribution in [0.5, 0.6) is 11.5 Å². The van der Waals surface area contributed by atoms with Crippen molar-refractivity contribution in [1.82, 2.24) is 15.5 Å². The Morgan fingerprint density at radius 1 is 1.15 bits per heavy atom. The lowest BCUT2D eigenvalue weighted by molar-refractivity contribution is 0.0597. The molecule has 0 unspecified atom stereocenters. The van der Waals surface area contributed by atoms with Crippen LogP contribution in [0.1, 0.15) is 64.3 Å². The number of phenolic OH excluding ortho intramolecular Hbond substituents is 1. The van der Waals surface area contributed by atoms with Crippen LogP contribution in [0, 0.1) is 6.92 Å². The fraction of sp³-hybridized carbons (Fsp3) is 0.360.